The summed E-state index contributed by atoms with van der Waals surface area (Å²) in [5.74, 6) is -0.108. The maximum Gasteiger partial charge on any atom is 0.317 e. The van der Waals surface area contributed by atoms with Crippen LogP contribution < -0.4 is 5.32 Å². The Balaban J connectivity index is 1.51. The molecule has 0 radical (unpaired) electrons. The second-order valence-electron chi connectivity index (χ2n) is 8.41. The molecule has 3 aliphatic heterocycles. The van der Waals surface area contributed by atoms with Crippen LogP contribution in [0.4, 0.5) is 13.6 Å². The summed E-state index contributed by atoms with van der Waals surface area (Å²) in [7, 11) is 0. The Hall–Kier alpha value is -1.69. The fraction of sp³-hybridized carbons (Fsp3) is 0.667. The zero-order chi connectivity index (χ0) is 19.0. The van der Waals surface area contributed by atoms with Gasteiger partial charge in [0.2, 0.25) is 0 Å². The van der Waals surface area contributed by atoms with E-state index in [9.17, 15) is 13.6 Å². The van der Waals surface area contributed by atoms with E-state index in [0.29, 0.717) is 24.4 Å². The Kier molecular flexibility index (Phi) is 5.35. The Morgan fingerprint density at radius 3 is 2.67 bits per heavy atom. The van der Waals surface area contributed by atoms with E-state index in [4.69, 9.17) is 0 Å². The first-order valence-electron chi connectivity index (χ1n) is 10.3. The molecule has 4 rings (SSSR count). The van der Waals surface area contributed by atoms with E-state index >= 15 is 0 Å². The van der Waals surface area contributed by atoms with E-state index in [1.807, 2.05) is 4.90 Å². The molecular weight excluding hydrogens is 348 g/mol. The van der Waals surface area contributed by atoms with Gasteiger partial charge >= 0.3 is 6.03 Å². The Morgan fingerprint density at radius 2 is 1.93 bits per heavy atom. The monoisotopic (exact) mass is 377 g/mol. The quantitative estimate of drug-likeness (QED) is 0.866. The lowest BCUT2D eigenvalue weighted by atomic mass is 9.74. The highest BCUT2D eigenvalue weighted by atomic mass is 19.1. The Labute approximate surface area is 159 Å². The molecule has 3 fully saturated rings. The van der Waals surface area contributed by atoms with Crippen molar-refractivity contribution in [1.29, 1.82) is 0 Å². The molecule has 148 valence electrons. The number of piperidine rings is 3. The van der Waals surface area contributed by atoms with Crippen molar-refractivity contribution in [2.75, 3.05) is 26.2 Å². The minimum atomic E-state index is -0.497. The van der Waals surface area contributed by atoms with Crippen LogP contribution in [0.1, 0.15) is 50.6 Å². The molecule has 4 nitrogen and oxygen atoms in total. The summed E-state index contributed by atoms with van der Waals surface area (Å²) in [5, 5.41) is 3.00. The SMILES string of the molecule is CCCNC(=O)N1C[C@@H]2C[C@H](C1)[C@@H]1CCC[C@H](c3cc(F)cc(F)c3)N1C2. The summed E-state index contributed by atoms with van der Waals surface area (Å²) < 4.78 is 27.5. The molecule has 1 aromatic rings. The third-order valence-corrected chi connectivity index (χ3v) is 6.47. The second kappa shape index (κ2) is 7.74. The Bertz CT molecular complexity index is 678. The van der Waals surface area contributed by atoms with Gasteiger partial charge in [0.25, 0.3) is 0 Å². The first-order valence-corrected chi connectivity index (χ1v) is 10.3. The van der Waals surface area contributed by atoms with Gasteiger partial charge in [0, 0.05) is 44.3 Å². The van der Waals surface area contributed by atoms with Crippen molar-refractivity contribution in [1.82, 2.24) is 15.1 Å². The number of hydrogen-bond acceptors (Lipinski definition) is 2. The molecule has 0 unspecified atom stereocenters. The lowest BCUT2D eigenvalue weighted by Gasteiger charge is -2.55. The molecule has 0 saturated carbocycles. The molecule has 0 spiro atoms. The number of amides is 2. The highest BCUT2D eigenvalue weighted by molar-refractivity contribution is 5.74. The molecule has 3 aliphatic rings. The molecule has 27 heavy (non-hydrogen) atoms. The summed E-state index contributed by atoms with van der Waals surface area (Å²) in [5.41, 5.74) is 0.759. The maximum atomic E-state index is 13.8. The molecule has 2 bridgehead atoms. The number of nitrogens with one attached hydrogen (secondary N) is 1. The summed E-state index contributed by atoms with van der Waals surface area (Å²) >= 11 is 0. The highest BCUT2D eigenvalue weighted by Gasteiger charge is 2.45. The Morgan fingerprint density at radius 1 is 1.15 bits per heavy atom. The average Bonchev–Trinajstić information content (AvgIpc) is 2.64. The van der Waals surface area contributed by atoms with Gasteiger partial charge in [0.1, 0.15) is 11.6 Å². The van der Waals surface area contributed by atoms with Crippen LogP contribution in [0, 0.1) is 23.5 Å². The largest absolute Gasteiger partial charge is 0.338 e. The smallest absolute Gasteiger partial charge is 0.317 e. The van der Waals surface area contributed by atoms with Gasteiger partial charge in [-0.05, 0) is 61.6 Å². The highest BCUT2D eigenvalue weighted by Crippen LogP contribution is 2.44. The van der Waals surface area contributed by atoms with Crippen LogP contribution >= 0.6 is 0 Å². The van der Waals surface area contributed by atoms with Gasteiger partial charge in [0.05, 0.1) is 0 Å². The van der Waals surface area contributed by atoms with Crippen LogP contribution in [0.15, 0.2) is 18.2 Å². The average molecular weight is 377 g/mol. The molecule has 3 saturated heterocycles. The molecule has 0 aromatic heterocycles. The van der Waals surface area contributed by atoms with Crippen LogP contribution in [0.5, 0.6) is 0 Å². The van der Waals surface area contributed by atoms with Crippen molar-refractivity contribution in [3.05, 3.63) is 35.4 Å². The molecule has 1 aromatic carbocycles. The molecular formula is C21H29F2N3O. The number of likely N-dealkylation sites (tertiary alicyclic amines) is 1. The molecule has 0 aliphatic carbocycles. The number of carbonyl (C=O) groups excluding carboxylic acids is 1. The van der Waals surface area contributed by atoms with Crippen LogP contribution in [-0.4, -0.2) is 48.1 Å². The van der Waals surface area contributed by atoms with E-state index in [-0.39, 0.29) is 12.1 Å². The maximum absolute atomic E-state index is 13.8. The standard InChI is InChI=1S/C21H29F2N3O/c1-2-6-24-21(27)25-11-14-7-16(13-25)20-5-3-4-19(26(20)12-14)15-8-17(22)10-18(23)9-15/h8-10,14,16,19-20H,2-7,11-13H2,1H3,(H,24,27)/t14-,16+,19+,20-/m0/s1. The summed E-state index contributed by atoms with van der Waals surface area (Å²) in [4.78, 5) is 16.9. The van der Waals surface area contributed by atoms with Gasteiger partial charge in [-0.2, -0.15) is 0 Å². The number of urea groups is 1. The van der Waals surface area contributed by atoms with E-state index < -0.39 is 11.6 Å². The second-order valence-corrected chi connectivity index (χ2v) is 8.41. The topological polar surface area (TPSA) is 35.6 Å². The van der Waals surface area contributed by atoms with E-state index in [0.717, 1.165) is 63.4 Å². The normalized spacial score (nSPS) is 30.7. The number of benzene rings is 1. The van der Waals surface area contributed by atoms with Gasteiger partial charge in [-0.1, -0.05) is 6.92 Å². The summed E-state index contributed by atoms with van der Waals surface area (Å²) in [6.45, 7) is 5.24. The third-order valence-electron chi connectivity index (χ3n) is 6.47. The van der Waals surface area contributed by atoms with Crippen molar-refractivity contribution in [2.45, 2.75) is 51.1 Å². The molecule has 6 heteroatoms. The lowest BCUT2D eigenvalue weighted by molar-refractivity contribution is -0.0483. The molecule has 4 atom stereocenters. The van der Waals surface area contributed by atoms with Crippen LogP contribution in [0.2, 0.25) is 0 Å². The summed E-state index contributed by atoms with van der Waals surface area (Å²) in [6.07, 6.45) is 5.21. The van der Waals surface area contributed by atoms with Gasteiger partial charge in [0.15, 0.2) is 0 Å². The molecule has 2 amide bonds. The van der Waals surface area contributed by atoms with Crippen molar-refractivity contribution in [3.8, 4) is 0 Å². The third kappa shape index (κ3) is 3.82. The number of carbonyl (C=O) groups is 1. The zero-order valence-corrected chi connectivity index (χ0v) is 16.0. The van der Waals surface area contributed by atoms with Crippen molar-refractivity contribution >= 4 is 6.03 Å². The minimum Gasteiger partial charge on any atom is -0.338 e. The number of fused-ring (bicyclic) bond motifs is 4. The first kappa shape index (κ1) is 18.7. The van der Waals surface area contributed by atoms with Crippen molar-refractivity contribution in [2.24, 2.45) is 11.8 Å². The van der Waals surface area contributed by atoms with Crippen LogP contribution in [0.25, 0.3) is 0 Å². The van der Waals surface area contributed by atoms with Gasteiger partial charge in [-0.25, -0.2) is 13.6 Å². The predicted molar refractivity (Wildman–Crippen MR) is 100 cm³/mol. The fourth-order valence-corrected chi connectivity index (χ4v) is 5.44. The zero-order valence-electron chi connectivity index (χ0n) is 16.0. The number of hydrogen-bond donors (Lipinski definition) is 1. The van der Waals surface area contributed by atoms with Crippen molar-refractivity contribution in [3.63, 3.8) is 0 Å². The fourth-order valence-electron chi connectivity index (χ4n) is 5.44. The predicted octanol–water partition coefficient (Wildman–Crippen LogP) is 3.93. The van der Waals surface area contributed by atoms with Crippen LogP contribution in [-0.2, 0) is 0 Å². The lowest BCUT2D eigenvalue weighted by Crippen LogP contribution is -2.61. The van der Waals surface area contributed by atoms with E-state index in [1.165, 1.54) is 12.1 Å². The van der Waals surface area contributed by atoms with Crippen molar-refractivity contribution < 1.29 is 13.6 Å². The van der Waals surface area contributed by atoms with Crippen LogP contribution in [0.3, 0.4) is 0 Å². The van der Waals surface area contributed by atoms with E-state index in [2.05, 4.69) is 17.1 Å². The summed E-state index contributed by atoms with van der Waals surface area (Å²) in [6, 6.07) is 4.46. The molecule has 1 N–H and O–H groups in total. The van der Waals surface area contributed by atoms with E-state index in [1.54, 1.807) is 0 Å². The number of nitrogens with zero attached hydrogens (tertiary/aromatic N) is 2. The number of halogens is 2. The molecule has 3 heterocycles. The van der Waals surface area contributed by atoms with Gasteiger partial charge in [-0.15, -0.1) is 0 Å². The first-order chi connectivity index (χ1) is 13.0. The van der Waals surface area contributed by atoms with Gasteiger partial charge < -0.3 is 10.2 Å². The number of rotatable bonds is 3. The minimum absolute atomic E-state index is 0.0551. The van der Waals surface area contributed by atoms with Gasteiger partial charge in [-0.3, -0.25) is 4.90 Å².